The Bertz CT molecular complexity index is 1120. The summed E-state index contributed by atoms with van der Waals surface area (Å²) in [5.74, 6) is 0.318. The number of amides is 1. The molecule has 2 heterocycles. The molecule has 1 saturated carbocycles. The number of nitrogens with one attached hydrogen (secondary N) is 1. The van der Waals surface area contributed by atoms with Gasteiger partial charge in [0.1, 0.15) is 0 Å². The van der Waals surface area contributed by atoms with Crippen LogP contribution in [-0.4, -0.2) is 26.2 Å². The number of hydrogen-bond acceptors (Lipinski definition) is 3. The number of halogens is 3. The first-order valence-corrected chi connectivity index (χ1v) is 10.5. The molecule has 5 nitrogen and oxygen atoms in total. The Labute approximate surface area is 184 Å². The molecule has 1 aliphatic carbocycles. The molecular weight excluding hydrogens is 417 g/mol. The summed E-state index contributed by atoms with van der Waals surface area (Å²) in [7, 11) is 0. The zero-order chi connectivity index (χ0) is 23.1. The van der Waals surface area contributed by atoms with Gasteiger partial charge in [0.05, 0.1) is 22.6 Å². The Morgan fingerprint density at radius 2 is 1.72 bits per heavy atom. The van der Waals surface area contributed by atoms with Gasteiger partial charge in [-0.1, -0.05) is 12.1 Å². The zero-order valence-electron chi connectivity index (χ0n) is 18.2. The van der Waals surface area contributed by atoms with E-state index in [1.54, 1.807) is 18.3 Å². The summed E-state index contributed by atoms with van der Waals surface area (Å²) in [6.07, 6.45) is -0.394. The van der Waals surface area contributed by atoms with E-state index in [1.807, 2.05) is 31.5 Å². The highest BCUT2D eigenvalue weighted by molar-refractivity contribution is 5.96. The lowest BCUT2D eigenvalue weighted by atomic mass is 10.0. The molecule has 0 unspecified atom stereocenters. The first-order chi connectivity index (χ1) is 15.0. The van der Waals surface area contributed by atoms with E-state index in [0.29, 0.717) is 28.4 Å². The number of nitrogens with zero attached hydrogens (tertiary/aromatic N) is 3. The molecule has 1 amide bonds. The predicted octanol–water partition coefficient (Wildman–Crippen LogP) is 5.57. The minimum Gasteiger partial charge on any atom is -0.347 e. The molecule has 1 aliphatic rings. The Kier molecular flexibility index (Phi) is 5.56. The van der Waals surface area contributed by atoms with Crippen molar-refractivity contribution in [1.29, 1.82) is 0 Å². The molecule has 0 spiro atoms. The van der Waals surface area contributed by atoms with E-state index >= 15 is 0 Å². The molecule has 1 fully saturated rings. The van der Waals surface area contributed by atoms with Crippen LogP contribution in [0.2, 0.25) is 0 Å². The number of carbonyl (C=O) groups is 1. The number of alkyl halides is 3. The van der Waals surface area contributed by atoms with E-state index in [2.05, 4.69) is 15.4 Å². The first kappa shape index (κ1) is 22.0. The fourth-order valence-electron chi connectivity index (χ4n) is 3.42. The maximum atomic E-state index is 13.0. The van der Waals surface area contributed by atoms with Crippen LogP contribution in [0.15, 0.2) is 48.7 Å². The Hall–Kier alpha value is -3.16. The fraction of sp³-hybridized carbons (Fsp3) is 0.375. The first-order valence-electron chi connectivity index (χ1n) is 10.5. The SMILES string of the molecule is CC(C)(C)NC(=O)c1cc(-c2ccc(C(F)(F)F)cc2)nc(-c2ccnn2CC2CC2)c1. The van der Waals surface area contributed by atoms with Crippen molar-refractivity contribution in [2.75, 3.05) is 0 Å². The predicted molar refractivity (Wildman–Crippen MR) is 116 cm³/mol. The summed E-state index contributed by atoms with van der Waals surface area (Å²) < 4.78 is 40.8. The zero-order valence-corrected chi connectivity index (χ0v) is 18.2. The molecule has 3 aromatic rings. The minimum absolute atomic E-state index is 0.275. The standard InChI is InChI=1S/C24H25F3N4O/c1-23(2,3)30-22(32)17-12-19(16-6-8-18(9-7-16)24(25,26)27)29-20(13-17)21-10-11-28-31(21)14-15-4-5-15/h6-13,15H,4-5,14H2,1-3H3,(H,30,32). The summed E-state index contributed by atoms with van der Waals surface area (Å²) in [6.45, 7) is 6.43. The molecule has 1 N–H and O–H groups in total. The maximum Gasteiger partial charge on any atom is 0.416 e. The summed E-state index contributed by atoms with van der Waals surface area (Å²) in [4.78, 5) is 17.6. The highest BCUT2D eigenvalue weighted by Crippen LogP contribution is 2.33. The summed E-state index contributed by atoms with van der Waals surface area (Å²) >= 11 is 0. The average Bonchev–Trinajstić information content (AvgIpc) is 3.40. The van der Waals surface area contributed by atoms with Gasteiger partial charge in [-0.15, -0.1) is 0 Å². The van der Waals surface area contributed by atoms with Crippen molar-refractivity contribution in [3.63, 3.8) is 0 Å². The van der Waals surface area contributed by atoms with Gasteiger partial charge >= 0.3 is 6.18 Å². The maximum absolute atomic E-state index is 13.0. The topological polar surface area (TPSA) is 59.8 Å². The largest absolute Gasteiger partial charge is 0.416 e. The molecule has 4 rings (SSSR count). The van der Waals surface area contributed by atoms with Crippen LogP contribution in [0.25, 0.3) is 22.6 Å². The quantitative estimate of drug-likeness (QED) is 0.562. The van der Waals surface area contributed by atoms with Crippen LogP contribution in [0.4, 0.5) is 13.2 Å². The minimum atomic E-state index is -4.42. The second-order valence-corrected chi connectivity index (χ2v) is 9.25. The molecule has 2 aromatic heterocycles. The molecule has 168 valence electrons. The van der Waals surface area contributed by atoms with Crippen molar-refractivity contribution < 1.29 is 18.0 Å². The molecular formula is C24H25F3N4O. The molecule has 8 heteroatoms. The third kappa shape index (κ3) is 5.18. The van der Waals surface area contributed by atoms with Crippen molar-refractivity contribution in [3.8, 4) is 22.6 Å². The Morgan fingerprint density at radius 3 is 2.31 bits per heavy atom. The van der Waals surface area contributed by atoms with Gasteiger partial charge < -0.3 is 5.32 Å². The number of benzene rings is 1. The van der Waals surface area contributed by atoms with Gasteiger partial charge in [-0.05, 0) is 69.9 Å². The molecule has 1 aromatic carbocycles. The van der Waals surface area contributed by atoms with E-state index in [1.165, 1.54) is 12.1 Å². The van der Waals surface area contributed by atoms with E-state index in [0.717, 1.165) is 37.2 Å². The van der Waals surface area contributed by atoms with Crippen LogP contribution in [0.5, 0.6) is 0 Å². The van der Waals surface area contributed by atoms with Crippen LogP contribution in [0.3, 0.4) is 0 Å². The van der Waals surface area contributed by atoms with Crippen LogP contribution in [-0.2, 0) is 12.7 Å². The van der Waals surface area contributed by atoms with E-state index in [9.17, 15) is 18.0 Å². The Balaban J connectivity index is 1.77. The lowest BCUT2D eigenvalue weighted by Gasteiger charge is -2.21. The molecule has 0 bridgehead atoms. The van der Waals surface area contributed by atoms with Crippen LogP contribution in [0.1, 0.15) is 49.5 Å². The summed E-state index contributed by atoms with van der Waals surface area (Å²) in [5, 5.41) is 7.33. The van der Waals surface area contributed by atoms with E-state index < -0.39 is 17.3 Å². The van der Waals surface area contributed by atoms with Gasteiger partial charge in [-0.25, -0.2) is 4.98 Å². The summed E-state index contributed by atoms with van der Waals surface area (Å²) in [5.41, 5.74) is 1.47. The highest BCUT2D eigenvalue weighted by Gasteiger charge is 2.30. The monoisotopic (exact) mass is 442 g/mol. The number of rotatable bonds is 5. The van der Waals surface area contributed by atoms with Crippen molar-refractivity contribution in [2.45, 2.75) is 51.9 Å². The van der Waals surface area contributed by atoms with Crippen LogP contribution < -0.4 is 5.32 Å². The van der Waals surface area contributed by atoms with Crippen molar-refractivity contribution in [2.24, 2.45) is 5.92 Å². The smallest absolute Gasteiger partial charge is 0.347 e. The van der Waals surface area contributed by atoms with Crippen LogP contribution >= 0.6 is 0 Å². The fourth-order valence-corrected chi connectivity index (χ4v) is 3.42. The van der Waals surface area contributed by atoms with Crippen molar-refractivity contribution in [3.05, 3.63) is 59.8 Å². The highest BCUT2D eigenvalue weighted by atomic mass is 19.4. The number of carbonyl (C=O) groups excluding carboxylic acids is 1. The van der Waals surface area contributed by atoms with Gasteiger partial charge in [-0.3, -0.25) is 9.48 Å². The second kappa shape index (κ2) is 8.07. The van der Waals surface area contributed by atoms with Gasteiger partial charge in [0.2, 0.25) is 0 Å². The Morgan fingerprint density at radius 1 is 1.06 bits per heavy atom. The van der Waals surface area contributed by atoms with Crippen molar-refractivity contribution in [1.82, 2.24) is 20.1 Å². The van der Waals surface area contributed by atoms with Gasteiger partial charge in [0, 0.05) is 29.4 Å². The van der Waals surface area contributed by atoms with E-state index in [-0.39, 0.29) is 5.91 Å². The lowest BCUT2D eigenvalue weighted by Crippen LogP contribution is -2.40. The average molecular weight is 442 g/mol. The molecule has 32 heavy (non-hydrogen) atoms. The van der Waals surface area contributed by atoms with Crippen LogP contribution in [0, 0.1) is 5.92 Å². The number of hydrogen-bond donors (Lipinski definition) is 1. The summed E-state index contributed by atoms with van der Waals surface area (Å²) in [6, 6.07) is 9.95. The number of aromatic nitrogens is 3. The lowest BCUT2D eigenvalue weighted by molar-refractivity contribution is -0.137. The third-order valence-corrected chi connectivity index (χ3v) is 5.19. The third-order valence-electron chi connectivity index (χ3n) is 5.19. The molecule has 0 atom stereocenters. The molecule has 0 saturated heterocycles. The van der Waals surface area contributed by atoms with Gasteiger partial charge in [0.15, 0.2) is 0 Å². The molecule has 0 aliphatic heterocycles. The van der Waals surface area contributed by atoms with Crippen molar-refractivity contribution >= 4 is 5.91 Å². The number of pyridine rings is 1. The van der Waals surface area contributed by atoms with Gasteiger partial charge in [0.25, 0.3) is 5.91 Å². The molecule has 0 radical (unpaired) electrons. The van der Waals surface area contributed by atoms with Gasteiger partial charge in [-0.2, -0.15) is 18.3 Å². The second-order valence-electron chi connectivity index (χ2n) is 9.25. The van der Waals surface area contributed by atoms with E-state index in [4.69, 9.17) is 0 Å². The normalized spacial score (nSPS) is 14.4.